The van der Waals surface area contributed by atoms with Crippen LogP contribution in [0.3, 0.4) is 0 Å². The smallest absolute Gasteiger partial charge is 0.316 e. The largest absolute Gasteiger partial charge is 0.426 e. The van der Waals surface area contributed by atoms with E-state index in [1.54, 1.807) is 11.8 Å². The van der Waals surface area contributed by atoms with E-state index in [0.717, 1.165) is 34.6 Å². The lowest BCUT2D eigenvalue weighted by Gasteiger charge is -2.34. The summed E-state index contributed by atoms with van der Waals surface area (Å²) in [5.74, 6) is -5.04. The highest BCUT2D eigenvalue weighted by Crippen LogP contribution is 2.77. The quantitative estimate of drug-likeness (QED) is 0.139. The van der Waals surface area contributed by atoms with Crippen LogP contribution in [0.15, 0.2) is 46.5 Å². The number of amides is 3. The average Bonchev–Trinajstić information content (AvgIpc) is 3.57. The fourth-order valence-electron chi connectivity index (χ4n) is 7.02. The van der Waals surface area contributed by atoms with Crippen molar-refractivity contribution < 1.29 is 23.9 Å². The topological polar surface area (TPSA) is 84.0 Å². The zero-order valence-corrected chi connectivity index (χ0v) is 28.3. The van der Waals surface area contributed by atoms with Gasteiger partial charge in [-0.3, -0.25) is 19.2 Å². The number of esters is 1. The molecule has 4 aliphatic rings. The van der Waals surface area contributed by atoms with Gasteiger partial charge >= 0.3 is 5.97 Å². The lowest BCUT2D eigenvalue weighted by molar-refractivity contribution is -0.139. The number of anilines is 2. The molecule has 7 nitrogen and oxygen atoms in total. The van der Waals surface area contributed by atoms with Crippen molar-refractivity contribution in [2.45, 2.75) is 54.1 Å². The van der Waals surface area contributed by atoms with Gasteiger partial charge in [-0.2, -0.15) is 0 Å². The number of hydrogen-bond donors (Lipinski definition) is 0. The normalized spacial score (nSPS) is 30.6. The first kappa shape index (κ1) is 32.0. The number of rotatable bonds is 6. The molecule has 13 heteroatoms. The van der Waals surface area contributed by atoms with Crippen molar-refractivity contribution in [3.63, 3.8) is 0 Å². The molecule has 5 atom stereocenters. The summed E-state index contributed by atoms with van der Waals surface area (Å²) in [6, 6.07) is 10.5. The molecule has 0 unspecified atom stereocenters. The van der Waals surface area contributed by atoms with Crippen molar-refractivity contribution in [3.05, 3.63) is 63.2 Å². The summed E-state index contributed by atoms with van der Waals surface area (Å²) in [6.07, 6.45) is 1.53. The number of aryl methyl sites for hydroxylation is 3. The Balaban J connectivity index is 1.22. The number of para-hydroxylation sites is 1. The van der Waals surface area contributed by atoms with Crippen LogP contribution in [0.2, 0.25) is 0 Å². The van der Waals surface area contributed by atoms with Gasteiger partial charge in [-0.1, -0.05) is 78.5 Å². The van der Waals surface area contributed by atoms with E-state index in [-0.39, 0.29) is 40.4 Å². The minimum Gasteiger partial charge on any atom is -0.426 e. The Hall–Kier alpha value is -2.00. The fraction of sp³-hybridized carbons (Fsp3) is 0.419. The molecule has 0 aromatic heterocycles. The third-order valence-corrected chi connectivity index (χ3v) is 13.5. The summed E-state index contributed by atoms with van der Waals surface area (Å²) < 4.78 is 3.65. The predicted octanol–water partition coefficient (Wildman–Crippen LogP) is 7.03. The number of carbonyl (C=O) groups excluding carboxylic acids is 4. The molecule has 1 saturated carbocycles. The first-order chi connectivity index (χ1) is 20.7. The fourth-order valence-corrected chi connectivity index (χ4v) is 9.95. The average molecular weight is 719 g/mol. The van der Waals surface area contributed by atoms with Crippen LogP contribution < -0.4 is 14.5 Å². The van der Waals surface area contributed by atoms with Crippen molar-refractivity contribution >= 4 is 105 Å². The molecular weight excluding hydrogens is 693 g/mol. The number of halogens is 6. The molecule has 44 heavy (non-hydrogen) atoms. The van der Waals surface area contributed by atoms with E-state index in [4.69, 9.17) is 74.3 Å². The molecule has 6 rings (SSSR count). The zero-order valence-electron chi connectivity index (χ0n) is 23.7. The molecule has 2 aromatic rings. The van der Waals surface area contributed by atoms with Crippen LogP contribution in [0.5, 0.6) is 5.75 Å². The van der Waals surface area contributed by atoms with E-state index in [1.165, 1.54) is 18.2 Å². The van der Waals surface area contributed by atoms with Crippen molar-refractivity contribution in [1.82, 2.24) is 0 Å². The summed E-state index contributed by atoms with van der Waals surface area (Å²) in [7, 11) is 0. The van der Waals surface area contributed by atoms with Crippen LogP contribution in [-0.2, 0) is 32.0 Å². The number of allylic oxidation sites excluding steroid dienone is 2. The van der Waals surface area contributed by atoms with Crippen molar-refractivity contribution in [2.24, 2.45) is 17.8 Å². The van der Waals surface area contributed by atoms with Gasteiger partial charge in [0.05, 0.1) is 33.5 Å². The number of alkyl halides is 4. The zero-order chi connectivity index (χ0) is 32.1. The number of fused-ring (bicyclic) bond motifs is 5. The lowest BCUT2D eigenvalue weighted by atomic mass is 9.84. The SMILES string of the molecule is CCc1cccc(CC)c1N1C[C@H](C(=O)Oc2ccc(N3C(=O)[C@@H]4[C@H](C3=O)[C@@]3(Cl)C(Cl)=C(Cl)[C@@]4(Cl)C3(Cl)Cl)c(C)c2)CC1=O. The molecule has 2 aliphatic carbocycles. The second kappa shape index (κ2) is 10.8. The Bertz CT molecular complexity index is 1620. The van der Waals surface area contributed by atoms with Crippen molar-refractivity contribution in [2.75, 3.05) is 16.3 Å². The predicted molar refractivity (Wildman–Crippen MR) is 172 cm³/mol. The Kier molecular flexibility index (Phi) is 7.83. The molecule has 2 aliphatic heterocycles. The van der Waals surface area contributed by atoms with Gasteiger partial charge in [0.1, 0.15) is 15.5 Å². The summed E-state index contributed by atoms with van der Waals surface area (Å²) in [6.45, 7) is 5.92. The van der Waals surface area contributed by atoms with E-state index in [1.807, 2.05) is 32.0 Å². The molecule has 2 bridgehead atoms. The highest BCUT2D eigenvalue weighted by atomic mass is 35.5. The van der Waals surface area contributed by atoms with Gasteiger partial charge in [-0.05, 0) is 54.7 Å². The van der Waals surface area contributed by atoms with Gasteiger partial charge in [0.2, 0.25) is 17.7 Å². The standard InChI is InChI=1S/C31H26Cl6N2O5/c1-4-15-7-6-8-16(5-2)23(15)38-13-17(12-20(38)40)28(43)44-18-9-10-19(14(3)11-18)39-26(41)21-22(27(39)42)30(35)25(33)24(32)29(21,34)31(30,36)37/h6-11,17,21-22H,4-5,12-13H2,1-3H3/t17-,21-,22+,29-,30-/m1/s1. The number of benzene rings is 2. The van der Waals surface area contributed by atoms with E-state index < -0.39 is 49.6 Å². The van der Waals surface area contributed by atoms with Gasteiger partial charge in [0.15, 0.2) is 4.33 Å². The molecular formula is C31H26Cl6N2O5. The Morgan fingerprint density at radius 1 is 0.909 bits per heavy atom. The Morgan fingerprint density at radius 2 is 1.45 bits per heavy atom. The lowest BCUT2D eigenvalue weighted by Crippen LogP contribution is -2.50. The summed E-state index contributed by atoms with van der Waals surface area (Å²) in [4.78, 5) is 52.5. The van der Waals surface area contributed by atoms with Crippen LogP contribution in [0.25, 0.3) is 0 Å². The van der Waals surface area contributed by atoms with E-state index in [9.17, 15) is 19.2 Å². The first-order valence-electron chi connectivity index (χ1n) is 14.1. The summed E-state index contributed by atoms with van der Waals surface area (Å²) in [5.41, 5.74) is 3.65. The van der Waals surface area contributed by atoms with Gasteiger partial charge in [-0.25, -0.2) is 4.90 Å². The third-order valence-electron chi connectivity index (χ3n) is 9.23. The second-order valence-electron chi connectivity index (χ2n) is 11.5. The summed E-state index contributed by atoms with van der Waals surface area (Å²) in [5, 5.41) is -0.339. The number of ether oxygens (including phenoxy) is 1. The van der Waals surface area contributed by atoms with E-state index >= 15 is 0 Å². The van der Waals surface area contributed by atoms with Crippen LogP contribution >= 0.6 is 69.6 Å². The molecule has 3 fully saturated rings. The third kappa shape index (κ3) is 4.02. The molecule has 232 valence electrons. The van der Waals surface area contributed by atoms with Crippen LogP contribution in [0.1, 0.15) is 37.0 Å². The number of nitrogens with zero attached hydrogens (tertiary/aromatic N) is 2. The van der Waals surface area contributed by atoms with Gasteiger partial charge in [0.25, 0.3) is 0 Å². The molecule has 0 N–H and O–H groups in total. The minimum atomic E-state index is -2.02. The molecule has 2 saturated heterocycles. The number of hydrogen-bond acceptors (Lipinski definition) is 5. The monoisotopic (exact) mass is 716 g/mol. The molecule has 2 heterocycles. The second-order valence-corrected chi connectivity index (χ2v) is 14.8. The molecule has 0 spiro atoms. The Morgan fingerprint density at radius 3 is 1.95 bits per heavy atom. The number of carbonyl (C=O) groups is 4. The van der Waals surface area contributed by atoms with Crippen molar-refractivity contribution in [1.29, 1.82) is 0 Å². The van der Waals surface area contributed by atoms with Crippen LogP contribution in [0.4, 0.5) is 11.4 Å². The molecule has 0 radical (unpaired) electrons. The molecule has 3 amide bonds. The summed E-state index contributed by atoms with van der Waals surface area (Å²) >= 11 is 39.5. The highest BCUT2D eigenvalue weighted by molar-refractivity contribution is 6.67. The number of imide groups is 1. The van der Waals surface area contributed by atoms with Gasteiger partial charge in [0, 0.05) is 18.7 Å². The molecule has 2 aromatic carbocycles. The van der Waals surface area contributed by atoms with Gasteiger partial charge < -0.3 is 9.64 Å². The van der Waals surface area contributed by atoms with Crippen molar-refractivity contribution in [3.8, 4) is 5.75 Å². The Labute approximate surface area is 284 Å². The van der Waals surface area contributed by atoms with Gasteiger partial charge in [-0.15, -0.1) is 23.2 Å². The highest BCUT2D eigenvalue weighted by Gasteiger charge is 2.87. The van der Waals surface area contributed by atoms with E-state index in [0.29, 0.717) is 5.56 Å². The van der Waals surface area contributed by atoms with Crippen LogP contribution in [0, 0.1) is 24.7 Å². The van der Waals surface area contributed by atoms with Crippen LogP contribution in [-0.4, -0.2) is 44.3 Å². The first-order valence-corrected chi connectivity index (χ1v) is 16.4. The maximum atomic E-state index is 13.7. The minimum absolute atomic E-state index is 0.0266. The maximum absolute atomic E-state index is 13.7. The van der Waals surface area contributed by atoms with E-state index in [2.05, 4.69) is 0 Å². The maximum Gasteiger partial charge on any atom is 0.316 e.